The van der Waals surface area contributed by atoms with E-state index >= 15 is 0 Å². The van der Waals surface area contributed by atoms with Crippen LogP contribution in [0.4, 0.5) is 0 Å². The van der Waals surface area contributed by atoms with Crippen LogP contribution in [-0.4, -0.2) is 76.4 Å². The lowest BCUT2D eigenvalue weighted by Crippen LogP contribution is -2.50. The number of amides is 2. The number of carbonyl (C=O) groups is 2. The Morgan fingerprint density at radius 3 is 2.75 bits per heavy atom. The first-order valence-electron chi connectivity index (χ1n) is 8.55. The number of hydrogen-bond donors (Lipinski definition) is 2. The number of nitrogens with two attached hydrogens (primary N) is 1. The number of ether oxygens (including phenoxy) is 1. The molecule has 10 nitrogen and oxygen atoms in total. The molecule has 2 aromatic rings. The molecule has 0 saturated carbocycles. The van der Waals surface area contributed by atoms with Crippen LogP contribution in [-0.2, 0) is 4.79 Å². The third kappa shape index (κ3) is 3.70. The van der Waals surface area contributed by atoms with Crippen LogP contribution < -0.4 is 10.5 Å². The Balaban J connectivity index is 1.98. The van der Waals surface area contributed by atoms with E-state index in [0.717, 1.165) is 6.21 Å². The minimum Gasteiger partial charge on any atom is -0.481 e. The van der Waals surface area contributed by atoms with E-state index in [9.17, 15) is 9.59 Å². The number of rotatable bonds is 5. The van der Waals surface area contributed by atoms with Gasteiger partial charge >= 0.3 is 0 Å². The number of nitrogens with zero attached hydrogens (tertiary/aromatic N) is 5. The zero-order valence-corrected chi connectivity index (χ0v) is 15.6. The Kier molecular flexibility index (Phi) is 5.39. The topological polar surface area (TPSA) is 130 Å². The van der Waals surface area contributed by atoms with Gasteiger partial charge in [-0.1, -0.05) is 0 Å². The molecule has 146 valence electrons. The van der Waals surface area contributed by atoms with Gasteiger partial charge in [0.05, 0.1) is 30.4 Å². The molecule has 0 radical (unpaired) electrons. The number of methoxy groups -OCH3 is 1. The first kappa shape index (κ1) is 19.1. The minimum absolute atomic E-state index is 0.00738. The Bertz CT molecular complexity index is 933. The van der Waals surface area contributed by atoms with Gasteiger partial charge in [0.25, 0.3) is 5.91 Å². The van der Waals surface area contributed by atoms with Crippen molar-refractivity contribution in [2.45, 2.75) is 0 Å². The number of allylic oxidation sites excluding steroid dienone is 1. The number of likely N-dealkylation sites (N-methyl/N-ethyl adjacent to an activating group) is 1. The number of pyridine rings is 1. The molecule has 2 aromatic heterocycles. The third-order valence-corrected chi connectivity index (χ3v) is 4.41. The molecule has 1 fully saturated rings. The van der Waals surface area contributed by atoms with Crippen LogP contribution in [0.25, 0.3) is 11.4 Å². The molecule has 28 heavy (non-hydrogen) atoms. The Hall–Kier alpha value is -3.69. The highest BCUT2D eigenvalue weighted by atomic mass is 16.5. The Morgan fingerprint density at radius 1 is 1.36 bits per heavy atom. The van der Waals surface area contributed by atoms with Gasteiger partial charge in [0, 0.05) is 32.4 Å². The first-order chi connectivity index (χ1) is 13.4. The molecule has 0 aliphatic carbocycles. The van der Waals surface area contributed by atoms with E-state index in [-0.39, 0.29) is 29.8 Å². The minimum atomic E-state index is -0.356. The summed E-state index contributed by atoms with van der Waals surface area (Å²) in [6.45, 7) is 0.906. The normalized spacial score (nSPS) is 14.9. The van der Waals surface area contributed by atoms with Gasteiger partial charge in [-0.15, -0.1) is 0 Å². The van der Waals surface area contributed by atoms with Crippen molar-refractivity contribution in [2.75, 3.05) is 33.8 Å². The second-order valence-electron chi connectivity index (χ2n) is 6.22. The highest BCUT2D eigenvalue weighted by molar-refractivity contribution is 5.96. The maximum atomic E-state index is 12.9. The summed E-state index contributed by atoms with van der Waals surface area (Å²) in [6.07, 6.45) is 4.00. The van der Waals surface area contributed by atoms with Gasteiger partial charge in [-0.05, 0) is 18.2 Å². The molecular weight excluding hydrogens is 362 g/mol. The van der Waals surface area contributed by atoms with Crippen molar-refractivity contribution in [3.63, 3.8) is 0 Å². The summed E-state index contributed by atoms with van der Waals surface area (Å²) in [5, 5.41) is 11.6. The van der Waals surface area contributed by atoms with Crippen molar-refractivity contribution in [3.05, 3.63) is 41.9 Å². The SMILES string of the molecule is COc1ccc(-n2nc(C(=O)N3CCN(C)C(=O)C3)cc2C(N)=CC=N)cn1. The van der Waals surface area contributed by atoms with Crippen LogP contribution in [0.5, 0.6) is 5.88 Å². The van der Waals surface area contributed by atoms with E-state index in [1.807, 2.05) is 0 Å². The lowest BCUT2D eigenvalue weighted by atomic mass is 10.2. The molecule has 3 heterocycles. The Labute approximate surface area is 161 Å². The lowest BCUT2D eigenvalue weighted by Gasteiger charge is -2.31. The molecule has 1 aliphatic rings. The largest absolute Gasteiger partial charge is 0.481 e. The third-order valence-electron chi connectivity index (χ3n) is 4.41. The molecule has 0 atom stereocenters. The van der Waals surface area contributed by atoms with E-state index < -0.39 is 0 Å². The van der Waals surface area contributed by atoms with Crippen LogP contribution in [0.1, 0.15) is 16.2 Å². The van der Waals surface area contributed by atoms with Gasteiger partial charge < -0.3 is 25.7 Å². The van der Waals surface area contributed by atoms with Crippen LogP contribution in [0.2, 0.25) is 0 Å². The summed E-state index contributed by atoms with van der Waals surface area (Å²) in [5.74, 6) is -0.0416. The van der Waals surface area contributed by atoms with Crippen molar-refractivity contribution in [2.24, 2.45) is 5.73 Å². The summed E-state index contributed by atoms with van der Waals surface area (Å²) in [5.41, 5.74) is 7.50. The monoisotopic (exact) mass is 383 g/mol. The van der Waals surface area contributed by atoms with Crippen molar-refractivity contribution in [3.8, 4) is 11.6 Å². The maximum absolute atomic E-state index is 12.9. The molecule has 1 saturated heterocycles. The van der Waals surface area contributed by atoms with E-state index in [1.54, 1.807) is 36.3 Å². The number of nitrogens with one attached hydrogen (secondary N) is 1. The molecular formula is C18H21N7O3. The zero-order chi connectivity index (χ0) is 20.3. The van der Waals surface area contributed by atoms with E-state index in [1.165, 1.54) is 22.8 Å². The van der Waals surface area contributed by atoms with Crippen molar-refractivity contribution >= 4 is 23.7 Å². The second-order valence-corrected chi connectivity index (χ2v) is 6.22. The van der Waals surface area contributed by atoms with E-state index in [2.05, 4.69) is 10.1 Å². The quantitative estimate of drug-likeness (QED) is 0.706. The summed E-state index contributed by atoms with van der Waals surface area (Å²) in [7, 11) is 3.22. The number of aromatic nitrogens is 3. The van der Waals surface area contributed by atoms with Gasteiger partial charge in [0.2, 0.25) is 11.8 Å². The average molecular weight is 383 g/mol. The van der Waals surface area contributed by atoms with Gasteiger partial charge in [-0.25, -0.2) is 9.67 Å². The molecule has 0 spiro atoms. The molecule has 0 bridgehead atoms. The van der Waals surface area contributed by atoms with Crippen molar-refractivity contribution in [1.29, 1.82) is 5.41 Å². The van der Waals surface area contributed by atoms with Gasteiger partial charge in [-0.3, -0.25) is 9.59 Å². The van der Waals surface area contributed by atoms with Crippen LogP contribution in [0.3, 0.4) is 0 Å². The fourth-order valence-electron chi connectivity index (χ4n) is 2.78. The van der Waals surface area contributed by atoms with Crippen LogP contribution in [0.15, 0.2) is 30.5 Å². The summed E-state index contributed by atoms with van der Waals surface area (Å²) in [4.78, 5) is 32.0. The number of hydrogen-bond acceptors (Lipinski definition) is 7. The highest BCUT2D eigenvalue weighted by Crippen LogP contribution is 2.20. The van der Waals surface area contributed by atoms with Gasteiger partial charge in [0.15, 0.2) is 5.69 Å². The van der Waals surface area contributed by atoms with Gasteiger partial charge in [-0.2, -0.15) is 5.10 Å². The average Bonchev–Trinajstić information content (AvgIpc) is 3.15. The van der Waals surface area contributed by atoms with Crippen LogP contribution >= 0.6 is 0 Å². The van der Waals surface area contributed by atoms with E-state index in [4.69, 9.17) is 15.9 Å². The zero-order valence-electron chi connectivity index (χ0n) is 15.6. The highest BCUT2D eigenvalue weighted by Gasteiger charge is 2.28. The van der Waals surface area contributed by atoms with Crippen molar-refractivity contribution in [1.82, 2.24) is 24.6 Å². The molecule has 2 amide bonds. The first-order valence-corrected chi connectivity index (χ1v) is 8.55. The fourth-order valence-corrected chi connectivity index (χ4v) is 2.78. The smallest absolute Gasteiger partial charge is 0.274 e. The standard InChI is InChI=1S/C18H21N7O3/c1-23-7-8-24(11-17(23)26)18(27)14-9-15(13(20)5-6-19)25(22-14)12-3-4-16(28-2)21-10-12/h3-6,9-10,19H,7-8,11,20H2,1-2H3. The van der Waals surface area contributed by atoms with Gasteiger partial charge in [0.1, 0.15) is 6.54 Å². The fraction of sp³-hybridized carbons (Fsp3) is 0.278. The maximum Gasteiger partial charge on any atom is 0.274 e. The lowest BCUT2D eigenvalue weighted by molar-refractivity contribution is -0.133. The molecule has 1 aliphatic heterocycles. The van der Waals surface area contributed by atoms with Crippen molar-refractivity contribution < 1.29 is 14.3 Å². The Morgan fingerprint density at radius 2 is 2.14 bits per heavy atom. The van der Waals surface area contributed by atoms with E-state index in [0.29, 0.717) is 30.4 Å². The summed E-state index contributed by atoms with van der Waals surface area (Å²) in [6, 6.07) is 4.94. The van der Waals surface area contributed by atoms with Crippen LogP contribution in [0, 0.1) is 5.41 Å². The second kappa shape index (κ2) is 7.91. The summed E-state index contributed by atoms with van der Waals surface area (Å²) >= 11 is 0. The molecule has 3 N–H and O–H groups in total. The molecule has 0 aromatic carbocycles. The predicted octanol–water partition coefficient (Wildman–Crippen LogP) is 0.139. The number of piperazine rings is 1. The number of carbonyl (C=O) groups excluding carboxylic acids is 2. The molecule has 0 unspecified atom stereocenters. The molecule has 3 rings (SSSR count). The molecule has 10 heteroatoms. The summed E-state index contributed by atoms with van der Waals surface area (Å²) < 4.78 is 6.54. The predicted molar refractivity (Wildman–Crippen MR) is 102 cm³/mol.